The molecule has 0 aromatic heterocycles. The van der Waals surface area contributed by atoms with Crippen LogP contribution in [0.3, 0.4) is 0 Å². The summed E-state index contributed by atoms with van der Waals surface area (Å²) < 4.78 is 13.4. The van der Waals surface area contributed by atoms with E-state index in [0.29, 0.717) is 0 Å². The Morgan fingerprint density at radius 3 is 2.50 bits per heavy atom. The zero-order valence-corrected chi connectivity index (χ0v) is 10.1. The maximum atomic E-state index is 13.4. The van der Waals surface area contributed by atoms with Gasteiger partial charge in [-0.1, -0.05) is 18.2 Å². The van der Waals surface area contributed by atoms with Gasteiger partial charge in [-0.2, -0.15) is 0 Å². The monoisotopic (exact) mass is 221 g/mol. The number of hydrogen-bond donors (Lipinski definition) is 1. The number of rotatable bonds is 6. The van der Waals surface area contributed by atoms with Gasteiger partial charge >= 0.3 is 0 Å². The molecule has 0 radical (unpaired) electrons. The van der Waals surface area contributed by atoms with Gasteiger partial charge in [-0.3, -0.25) is 0 Å². The van der Waals surface area contributed by atoms with Gasteiger partial charge in [-0.25, -0.2) is 4.39 Å². The lowest BCUT2D eigenvalue weighted by molar-refractivity contribution is 0.605. The van der Waals surface area contributed by atoms with Gasteiger partial charge < -0.3 is 5.32 Å². The molecule has 1 N–H and O–H groups in total. The molecule has 16 heavy (non-hydrogen) atoms. The Kier molecular flexibility index (Phi) is 5.20. The third kappa shape index (κ3) is 3.78. The smallest absolute Gasteiger partial charge is 0.129 e. The van der Waals surface area contributed by atoms with Crippen molar-refractivity contribution < 1.29 is 4.39 Å². The average Bonchev–Trinajstić information content (AvgIpc) is 2.25. The third-order valence-corrected chi connectivity index (χ3v) is 2.59. The zero-order valence-electron chi connectivity index (χ0n) is 10.1. The number of hydrogen-bond acceptors (Lipinski definition) is 1. The molecular formula is C14H20FN. The van der Waals surface area contributed by atoms with E-state index in [4.69, 9.17) is 0 Å². The quantitative estimate of drug-likeness (QED) is 0.572. The van der Waals surface area contributed by atoms with Crippen LogP contribution in [0.1, 0.15) is 29.5 Å². The molecule has 1 aromatic rings. The molecule has 0 amide bonds. The van der Waals surface area contributed by atoms with E-state index < -0.39 is 0 Å². The predicted octanol–water partition coefficient (Wildman–Crippen LogP) is 3.50. The lowest BCUT2D eigenvalue weighted by Crippen LogP contribution is -2.14. The fourth-order valence-electron chi connectivity index (χ4n) is 1.74. The van der Waals surface area contributed by atoms with Crippen molar-refractivity contribution in [2.75, 3.05) is 6.54 Å². The normalized spacial score (nSPS) is 10.4. The van der Waals surface area contributed by atoms with Crippen LogP contribution in [0.4, 0.5) is 4.39 Å². The summed E-state index contributed by atoms with van der Waals surface area (Å²) in [4.78, 5) is 0. The summed E-state index contributed by atoms with van der Waals surface area (Å²) >= 11 is 0. The van der Waals surface area contributed by atoms with Crippen LogP contribution in [-0.4, -0.2) is 6.54 Å². The minimum absolute atomic E-state index is 0.0876. The number of benzene rings is 1. The van der Waals surface area contributed by atoms with Crippen LogP contribution >= 0.6 is 0 Å². The number of unbranched alkanes of at least 4 members (excludes halogenated alkanes) is 1. The third-order valence-electron chi connectivity index (χ3n) is 2.59. The first kappa shape index (κ1) is 12.9. The Bertz CT molecular complexity index is 335. The van der Waals surface area contributed by atoms with Crippen LogP contribution in [-0.2, 0) is 6.54 Å². The molecule has 0 aliphatic rings. The minimum atomic E-state index is -0.0876. The summed E-state index contributed by atoms with van der Waals surface area (Å²) in [6.07, 6.45) is 4.06. The minimum Gasteiger partial charge on any atom is -0.313 e. The Balaban J connectivity index is 2.45. The van der Waals surface area contributed by atoms with E-state index >= 15 is 0 Å². The van der Waals surface area contributed by atoms with Gasteiger partial charge in [0.1, 0.15) is 5.82 Å². The summed E-state index contributed by atoms with van der Waals surface area (Å²) in [7, 11) is 0. The van der Waals surface area contributed by atoms with E-state index in [0.717, 1.165) is 42.6 Å². The molecule has 0 fully saturated rings. The zero-order chi connectivity index (χ0) is 12.0. The molecule has 1 nitrogen and oxygen atoms in total. The van der Waals surface area contributed by atoms with Crippen molar-refractivity contribution in [3.05, 3.63) is 47.3 Å². The second-order valence-electron chi connectivity index (χ2n) is 4.15. The molecule has 0 saturated heterocycles. The highest BCUT2D eigenvalue weighted by Gasteiger charge is 2.03. The predicted molar refractivity (Wildman–Crippen MR) is 67.0 cm³/mol. The summed E-state index contributed by atoms with van der Waals surface area (Å²) in [5.74, 6) is -0.0876. The molecule has 0 aliphatic carbocycles. The van der Waals surface area contributed by atoms with Crippen molar-refractivity contribution in [2.24, 2.45) is 0 Å². The molecule has 88 valence electrons. The Labute approximate surface area is 97.4 Å². The first-order valence-corrected chi connectivity index (χ1v) is 5.72. The van der Waals surface area contributed by atoms with Gasteiger partial charge in [0.15, 0.2) is 0 Å². The van der Waals surface area contributed by atoms with E-state index in [9.17, 15) is 4.39 Å². The Morgan fingerprint density at radius 2 is 1.94 bits per heavy atom. The molecule has 2 heteroatoms. The largest absolute Gasteiger partial charge is 0.313 e. The van der Waals surface area contributed by atoms with E-state index in [1.54, 1.807) is 0 Å². The first-order chi connectivity index (χ1) is 7.65. The molecule has 0 atom stereocenters. The summed E-state index contributed by atoms with van der Waals surface area (Å²) in [5.41, 5.74) is 2.60. The maximum absolute atomic E-state index is 13.4. The lowest BCUT2D eigenvalue weighted by atomic mass is 10.1. The second kappa shape index (κ2) is 6.44. The fraction of sp³-hybridized carbons (Fsp3) is 0.429. The molecule has 0 unspecified atom stereocenters. The van der Waals surface area contributed by atoms with Crippen molar-refractivity contribution in [3.8, 4) is 0 Å². The van der Waals surface area contributed by atoms with Gasteiger partial charge in [-0.05, 0) is 49.9 Å². The SMILES string of the molecule is C=CCCCNCc1cc(C)c(F)c(C)c1. The summed E-state index contributed by atoms with van der Waals surface area (Å²) in [5, 5.41) is 3.34. The Morgan fingerprint density at radius 1 is 1.31 bits per heavy atom. The van der Waals surface area contributed by atoms with E-state index in [1.165, 1.54) is 0 Å². The molecule has 0 spiro atoms. The summed E-state index contributed by atoms with van der Waals surface area (Å²) in [6, 6.07) is 3.81. The van der Waals surface area contributed by atoms with E-state index in [-0.39, 0.29) is 5.82 Å². The average molecular weight is 221 g/mol. The molecule has 0 heterocycles. The van der Waals surface area contributed by atoms with Crippen LogP contribution in [0, 0.1) is 19.7 Å². The molecule has 0 saturated carbocycles. The van der Waals surface area contributed by atoms with Crippen LogP contribution in [0.5, 0.6) is 0 Å². The topological polar surface area (TPSA) is 12.0 Å². The Hall–Kier alpha value is -1.15. The number of halogens is 1. The number of nitrogens with one attached hydrogen (secondary N) is 1. The van der Waals surface area contributed by atoms with Gasteiger partial charge in [0, 0.05) is 6.54 Å². The van der Waals surface area contributed by atoms with Crippen LogP contribution in [0.15, 0.2) is 24.8 Å². The van der Waals surface area contributed by atoms with E-state index in [1.807, 2.05) is 32.1 Å². The van der Waals surface area contributed by atoms with Crippen LogP contribution in [0.2, 0.25) is 0 Å². The number of allylic oxidation sites excluding steroid dienone is 1. The molecule has 1 rings (SSSR count). The number of aryl methyl sites for hydroxylation is 2. The molecule has 0 bridgehead atoms. The van der Waals surface area contributed by atoms with Gasteiger partial charge in [0.25, 0.3) is 0 Å². The highest BCUT2D eigenvalue weighted by atomic mass is 19.1. The van der Waals surface area contributed by atoms with Crippen molar-refractivity contribution in [1.29, 1.82) is 0 Å². The van der Waals surface area contributed by atoms with Crippen LogP contribution < -0.4 is 5.32 Å². The molecule has 1 aromatic carbocycles. The second-order valence-corrected chi connectivity index (χ2v) is 4.15. The van der Waals surface area contributed by atoms with Gasteiger partial charge in [0.2, 0.25) is 0 Å². The highest BCUT2D eigenvalue weighted by molar-refractivity contribution is 5.30. The van der Waals surface area contributed by atoms with Crippen molar-refractivity contribution in [3.63, 3.8) is 0 Å². The highest BCUT2D eigenvalue weighted by Crippen LogP contribution is 2.14. The van der Waals surface area contributed by atoms with E-state index in [2.05, 4.69) is 11.9 Å². The van der Waals surface area contributed by atoms with Gasteiger partial charge in [-0.15, -0.1) is 6.58 Å². The maximum Gasteiger partial charge on any atom is 0.129 e. The summed E-state index contributed by atoms with van der Waals surface area (Å²) in [6.45, 7) is 9.08. The fourth-order valence-corrected chi connectivity index (χ4v) is 1.74. The van der Waals surface area contributed by atoms with Crippen molar-refractivity contribution >= 4 is 0 Å². The standard InChI is InChI=1S/C14H20FN/c1-4-5-6-7-16-10-13-8-11(2)14(15)12(3)9-13/h4,8-9,16H,1,5-7,10H2,2-3H3. The van der Waals surface area contributed by atoms with Crippen molar-refractivity contribution in [1.82, 2.24) is 5.32 Å². The molecular weight excluding hydrogens is 201 g/mol. The first-order valence-electron chi connectivity index (χ1n) is 5.72. The van der Waals surface area contributed by atoms with Crippen LogP contribution in [0.25, 0.3) is 0 Å². The molecule has 0 aliphatic heterocycles. The van der Waals surface area contributed by atoms with Crippen molar-refractivity contribution in [2.45, 2.75) is 33.2 Å². The van der Waals surface area contributed by atoms with Gasteiger partial charge in [0.05, 0.1) is 0 Å². The lowest BCUT2D eigenvalue weighted by Gasteiger charge is -2.08.